The summed E-state index contributed by atoms with van der Waals surface area (Å²) in [5, 5.41) is 6.05. The number of rotatable bonds is 4. The number of nitrogens with one attached hydrogen (secondary N) is 1. The third kappa shape index (κ3) is 3.13. The van der Waals surface area contributed by atoms with Gasteiger partial charge in [-0.1, -0.05) is 0 Å². The van der Waals surface area contributed by atoms with Crippen molar-refractivity contribution in [2.45, 2.75) is 45.1 Å². The van der Waals surface area contributed by atoms with E-state index in [4.69, 9.17) is 4.74 Å². The molecule has 1 saturated heterocycles. The molecule has 6 rings (SSSR count). The summed E-state index contributed by atoms with van der Waals surface area (Å²) in [4.78, 5) is 20.1. The first-order valence-electron chi connectivity index (χ1n) is 9.74. The molecule has 1 aromatic rings. The van der Waals surface area contributed by atoms with Gasteiger partial charge in [-0.05, 0) is 56.3 Å². The van der Waals surface area contributed by atoms with E-state index in [0.717, 1.165) is 80.7 Å². The van der Waals surface area contributed by atoms with Crippen LogP contribution in [-0.2, 0) is 16.1 Å². The lowest BCUT2D eigenvalue weighted by Crippen LogP contribution is -2.51. The van der Waals surface area contributed by atoms with Crippen molar-refractivity contribution < 1.29 is 9.53 Å². The van der Waals surface area contributed by atoms with Crippen LogP contribution in [0.25, 0.3) is 0 Å². The van der Waals surface area contributed by atoms with E-state index in [0.29, 0.717) is 0 Å². The Labute approximate surface area is 153 Å². The average molecular weight is 362 g/mol. The van der Waals surface area contributed by atoms with Crippen molar-refractivity contribution in [3.05, 3.63) is 11.1 Å². The molecule has 1 amide bonds. The molecule has 1 N–H and O–H groups in total. The molecular formula is C19H27N3O2S. The van der Waals surface area contributed by atoms with Crippen molar-refractivity contribution >= 4 is 22.4 Å². The summed E-state index contributed by atoms with van der Waals surface area (Å²) in [7, 11) is 0. The summed E-state index contributed by atoms with van der Waals surface area (Å²) in [6.45, 7) is 4.39. The summed E-state index contributed by atoms with van der Waals surface area (Å²) >= 11 is 1.57. The zero-order chi connectivity index (χ0) is 16.9. The van der Waals surface area contributed by atoms with Gasteiger partial charge in [0.05, 0.1) is 24.3 Å². The number of carbonyl (C=O) groups excluding carboxylic acids is 1. The van der Waals surface area contributed by atoms with Crippen LogP contribution in [0.5, 0.6) is 0 Å². The maximum Gasteiger partial charge on any atom is 0.232 e. The van der Waals surface area contributed by atoms with Gasteiger partial charge in [0.25, 0.3) is 0 Å². The van der Waals surface area contributed by atoms with Crippen LogP contribution in [0, 0.1) is 23.2 Å². The first kappa shape index (κ1) is 16.2. The molecular weight excluding hydrogens is 334 g/mol. The van der Waals surface area contributed by atoms with E-state index in [9.17, 15) is 4.79 Å². The zero-order valence-electron chi connectivity index (χ0n) is 14.7. The van der Waals surface area contributed by atoms with Crippen molar-refractivity contribution in [3.8, 4) is 0 Å². The highest BCUT2D eigenvalue weighted by atomic mass is 32.1. The van der Waals surface area contributed by atoms with Crippen LogP contribution < -0.4 is 5.32 Å². The molecule has 25 heavy (non-hydrogen) atoms. The Morgan fingerprint density at radius 1 is 1.20 bits per heavy atom. The van der Waals surface area contributed by atoms with Crippen LogP contribution in [-0.4, -0.2) is 42.1 Å². The minimum absolute atomic E-state index is 0.0925. The number of hydrogen-bond donors (Lipinski definition) is 1. The molecule has 0 spiro atoms. The Bertz CT molecular complexity index is 618. The minimum Gasteiger partial charge on any atom is -0.379 e. The number of hydrogen-bond acceptors (Lipinski definition) is 5. The van der Waals surface area contributed by atoms with Crippen LogP contribution in [0.2, 0.25) is 0 Å². The quantitative estimate of drug-likeness (QED) is 0.895. The summed E-state index contributed by atoms with van der Waals surface area (Å²) in [5.74, 6) is 2.64. The number of morpholine rings is 1. The minimum atomic E-state index is -0.0925. The maximum absolute atomic E-state index is 13.1. The van der Waals surface area contributed by atoms with Gasteiger partial charge in [0, 0.05) is 25.0 Å². The molecule has 2 heterocycles. The molecule has 6 heteroatoms. The molecule has 1 aromatic heterocycles. The van der Waals surface area contributed by atoms with E-state index in [1.807, 2.05) is 0 Å². The number of thiazole rings is 1. The average Bonchev–Trinajstić information content (AvgIpc) is 3.01. The topological polar surface area (TPSA) is 54.5 Å². The number of ether oxygens (including phenoxy) is 1. The number of amides is 1. The van der Waals surface area contributed by atoms with E-state index in [-0.39, 0.29) is 11.3 Å². The normalized spacial score (nSPS) is 37.4. The maximum atomic E-state index is 13.1. The van der Waals surface area contributed by atoms with Crippen molar-refractivity contribution in [2.75, 3.05) is 31.6 Å². The van der Waals surface area contributed by atoms with E-state index >= 15 is 0 Å². The second-order valence-electron chi connectivity index (χ2n) is 8.68. The third-order valence-electron chi connectivity index (χ3n) is 6.78. The first-order chi connectivity index (χ1) is 12.2. The van der Waals surface area contributed by atoms with Gasteiger partial charge in [-0.15, -0.1) is 11.3 Å². The van der Waals surface area contributed by atoms with Crippen molar-refractivity contribution in [3.63, 3.8) is 0 Å². The second kappa shape index (κ2) is 6.32. The predicted octanol–water partition coefficient (Wildman–Crippen LogP) is 3.13. The molecule has 0 aromatic carbocycles. The Morgan fingerprint density at radius 2 is 1.84 bits per heavy atom. The van der Waals surface area contributed by atoms with E-state index < -0.39 is 0 Å². The van der Waals surface area contributed by atoms with Crippen LogP contribution in [0.1, 0.15) is 44.2 Å². The van der Waals surface area contributed by atoms with Gasteiger partial charge in [0.1, 0.15) is 0 Å². The molecule has 4 aliphatic carbocycles. The number of anilines is 1. The smallest absolute Gasteiger partial charge is 0.232 e. The molecule has 0 atom stereocenters. The molecule has 5 fully saturated rings. The molecule has 4 bridgehead atoms. The standard InChI is InChI=1S/C19H27N3O2S/c23-17(19-8-13-5-14(9-19)7-15(6-13)10-19)21-18-20-16(12-25-18)11-22-1-3-24-4-2-22/h12-15H,1-11H2,(H,20,21,23). The Balaban J connectivity index is 1.24. The van der Waals surface area contributed by atoms with Gasteiger partial charge in [0.2, 0.25) is 5.91 Å². The number of carbonyl (C=O) groups is 1. The lowest BCUT2D eigenvalue weighted by Gasteiger charge is -2.55. The molecule has 4 saturated carbocycles. The Hall–Kier alpha value is -0.980. The second-order valence-corrected chi connectivity index (χ2v) is 9.54. The van der Waals surface area contributed by atoms with Crippen molar-refractivity contribution in [2.24, 2.45) is 23.2 Å². The van der Waals surface area contributed by atoms with Crippen LogP contribution >= 0.6 is 11.3 Å². The predicted molar refractivity (Wildman–Crippen MR) is 97.4 cm³/mol. The third-order valence-corrected chi connectivity index (χ3v) is 7.59. The Morgan fingerprint density at radius 3 is 2.48 bits per heavy atom. The molecule has 1 aliphatic heterocycles. The molecule has 136 valence electrons. The number of aromatic nitrogens is 1. The van der Waals surface area contributed by atoms with E-state index in [2.05, 4.69) is 20.6 Å². The lowest BCUT2D eigenvalue weighted by molar-refractivity contribution is -0.140. The van der Waals surface area contributed by atoms with Crippen LogP contribution in [0.3, 0.4) is 0 Å². The van der Waals surface area contributed by atoms with Gasteiger partial charge < -0.3 is 10.1 Å². The summed E-state index contributed by atoms with van der Waals surface area (Å²) in [5.41, 5.74) is 0.970. The lowest BCUT2D eigenvalue weighted by atomic mass is 9.49. The largest absolute Gasteiger partial charge is 0.379 e. The van der Waals surface area contributed by atoms with Crippen molar-refractivity contribution in [1.82, 2.24) is 9.88 Å². The van der Waals surface area contributed by atoms with Gasteiger partial charge >= 0.3 is 0 Å². The summed E-state index contributed by atoms with van der Waals surface area (Å²) in [6.07, 6.45) is 7.43. The fourth-order valence-electron chi connectivity index (χ4n) is 6.04. The monoisotopic (exact) mass is 361 g/mol. The highest BCUT2D eigenvalue weighted by molar-refractivity contribution is 7.13. The highest BCUT2D eigenvalue weighted by Gasteiger charge is 2.54. The number of nitrogens with zero attached hydrogens (tertiary/aromatic N) is 2. The Kier molecular flexibility index (Phi) is 4.10. The fraction of sp³-hybridized carbons (Fsp3) is 0.789. The highest BCUT2D eigenvalue weighted by Crippen LogP contribution is 2.60. The van der Waals surface area contributed by atoms with Crippen LogP contribution in [0.4, 0.5) is 5.13 Å². The van der Waals surface area contributed by atoms with Crippen molar-refractivity contribution in [1.29, 1.82) is 0 Å². The van der Waals surface area contributed by atoms with Gasteiger partial charge in [0.15, 0.2) is 5.13 Å². The fourth-order valence-corrected chi connectivity index (χ4v) is 6.74. The molecule has 5 nitrogen and oxygen atoms in total. The molecule has 0 unspecified atom stereocenters. The van der Waals surface area contributed by atoms with Gasteiger partial charge in [-0.3, -0.25) is 9.69 Å². The molecule has 5 aliphatic rings. The summed E-state index contributed by atoms with van der Waals surface area (Å²) < 4.78 is 5.40. The molecule has 0 radical (unpaired) electrons. The SMILES string of the molecule is O=C(Nc1nc(CN2CCOCC2)cs1)C12CC3CC(CC(C3)C1)C2. The summed E-state index contributed by atoms with van der Waals surface area (Å²) in [6, 6.07) is 0. The van der Waals surface area contributed by atoms with Gasteiger partial charge in [-0.25, -0.2) is 4.98 Å². The van der Waals surface area contributed by atoms with Crippen LogP contribution in [0.15, 0.2) is 5.38 Å². The van der Waals surface area contributed by atoms with Gasteiger partial charge in [-0.2, -0.15) is 0 Å². The zero-order valence-corrected chi connectivity index (χ0v) is 15.5. The van der Waals surface area contributed by atoms with E-state index in [1.54, 1.807) is 11.3 Å². The van der Waals surface area contributed by atoms with E-state index in [1.165, 1.54) is 19.3 Å². The first-order valence-corrected chi connectivity index (χ1v) is 10.6.